The average molecular weight is 289 g/mol. The fourth-order valence-electron chi connectivity index (χ4n) is 1.65. The van der Waals surface area contributed by atoms with Crippen molar-refractivity contribution >= 4 is 33.2 Å². The summed E-state index contributed by atoms with van der Waals surface area (Å²) in [6.45, 7) is 1.59. The van der Waals surface area contributed by atoms with Crippen molar-refractivity contribution in [3.05, 3.63) is 20.8 Å². The lowest BCUT2D eigenvalue weighted by Crippen LogP contribution is -2.39. The molecule has 0 spiro atoms. The zero-order chi connectivity index (χ0) is 10.7. The van der Waals surface area contributed by atoms with E-state index >= 15 is 0 Å². The van der Waals surface area contributed by atoms with Gasteiger partial charge in [-0.05, 0) is 41.4 Å². The Balaban J connectivity index is 1.80. The lowest BCUT2D eigenvalue weighted by atomic mass is 10.2. The van der Waals surface area contributed by atoms with E-state index in [0.717, 1.165) is 23.9 Å². The van der Waals surface area contributed by atoms with Gasteiger partial charge in [0.05, 0.1) is 12.6 Å². The lowest BCUT2D eigenvalue weighted by Gasteiger charge is -2.09. The van der Waals surface area contributed by atoms with Gasteiger partial charge < -0.3 is 10.6 Å². The van der Waals surface area contributed by atoms with Crippen molar-refractivity contribution in [3.63, 3.8) is 0 Å². The number of nitrogens with one attached hydrogen (secondary N) is 2. The summed E-state index contributed by atoms with van der Waals surface area (Å²) in [6, 6.07) is 2.06. The van der Waals surface area contributed by atoms with Crippen molar-refractivity contribution in [2.24, 2.45) is 0 Å². The highest BCUT2D eigenvalue weighted by molar-refractivity contribution is 9.10. The summed E-state index contributed by atoms with van der Waals surface area (Å²) >= 11 is 5.04. The molecule has 3 nitrogen and oxygen atoms in total. The smallest absolute Gasteiger partial charge is 0.237 e. The molecule has 5 heteroatoms. The topological polar surface area (TPSA) is 41.1 Å². The Morgan fingerprint density at radius 2 is 2.60 bits per heavy atom. The first kappa shape index (κ1) is 11.1. The van der Waals surface area contributed by atoms with Gasteiger partial charge in [-0.25, -0.2) is 0 Å². The van der Waals surface area contributed by atoms with Crippen LogP contribution in [0.15, 0.2) is 15.9 Å². The van der Waals surface area contributed by atoms with Crippen LogP contribution in [0.4, 0.5) is 0 Å². The third-order valence-corrected chi connectivity index (χ3v) is 4.13. The summed E-state index contributed by atoms with van der Waals surface area (Å²) in [5, 5.41) is 8.15. The third kappa shape index (κ3) is 3.03. The Kier molecular flexibility index (Phi) is 3.77. The molecule has 1 fully saturated rings. The van der Waals surface area contributed by atoms with Crippen LogP contribution in [0.5, 0.6) is 0 Å². The molecule has 1 atom stereocenters. The van der Waals surface area contributed by atoms with E-state index in [0.29, 0.717) is 6.54 Å². The highest BCUT2D eigenvalue weighted by atomic mass is 79.9. The van der Waals surface area contributed by atoms with Crippen LogP contribution >= 0.6 is 27.3 Å². The molecule has 0 aromatic carbocycles. The molecule has 0 radical (unpaired) electrons. The molecule has 0 saturated carbocycles. The molecule has 1 aliphatic rings. The number of carbonyl (C=O) groups excluding carboxylic acids is 1. The maximum absolute atomic E-state index is 11.6. The average Bonchev–Trinajstić information content (AvgIpc) is 2.84. The Morgan fingerprint density at radius 3 is 3.20 bits per heavy atom. The first-order chi connectivity index (χ1) is 7.25. The van der Waals surface area contributed by atoms with Gasteiger partial charge in [0.25, 0.3) is 0 Å². The number of hydrogen-bond donors (Lipinski definition) is 2. The van der Waals surface area contributed by atoms with Gasteiger partial charge in [-0.2, -0.15) is 0 Å². The molecule has 2 N–H and O–H groups in total. The number of rotatable bonds is 3. The van der Waals surface area contributed by atoms with Crippen molar-refractivity contribution in [1.29, 1.82) is 0 Å². The largest absolute Gasteiger partial charge is 0.350 e. The zero-order valence-electron chi connectivity index (χ0n) is 8.25. The third-order valence-electron chi connectivity index (χ3n) is 2.44. The molecule has 0 aliphatic carbocycles. The van der Waals surface area contributed by atoms with Crippen molar-refractivity contribution in [2.75, 3.05) is 6.54 Å². The second-order valence-electron chi connectivity index (χ2n) is 3.60. The van der Waals surface area contributed by atoms with Gasteiger partial charge in [-0.1, -0.05) is 0 Å². The quantitative estimate of drug-likeness (QED) is 0.892. The van der Waals surface area contributed by atoms with E-state index in [1.54, 1.807) is 11.3 Å². The van der Waals surface area contributed by atoms with E-state index in [1.165, 1.54) is 4.88 Å². The molecule has 2 rings (SSSR count). The van der Waals surface area contributed by atoms with Crippen LogP contribution in [0.1, 0.15) is 17.7 Å². The van der Waals surface area contributed by atoms with Crippen LogP contribution < -0.4 is 10.6 Å². The van der Waals surface area contributed by atoms with Crippen LogP contribution in [-0.2, 0) is 11.3 Å². The number of carbonyl (C=O) groups is 1. The van der Waals surface area contributed by atoms with Crippen molar-refractivity contribution < 1.29 is 4.79 Å². The minimum Gasteiger partial charge on any atom is -0.350 e. The van der Waals surface area contributed by atoms with E-state index in [9.17, 15) is 4.79 Å². The second kappa shape index (κ2) is 5.09. The van der Waals surface area contributed by atoms with Gasteiger partial charge in [0.1, 0.15) is 0 Å². The maximum Gasteiger partial charge on any atom is 0.237 e. The molecular weight excluding hydrogens is 276 g/mol. The monoisotopic (exact) mass is 288 g/mol. The van der Waals surface area contributed by atoms with Crippen LogP contribution in [0.2, 0.25) is 0 Å². The Labute approximate surface area is 101 Å². The summed E-state index contributed by atoms with van der Waals surface area (Å²) in [7, 11) is 0. The minimum absolute atomic E-state index is 0.0217. The van der Waals surface area contributed by atoms with Gasteiger partial charge in [-0.3, -0.25) is 4.79 Å². The fourth-order valence-corrected chi connectivity index (χ4v) is 3.04. The summed E-state index contributed by atoms with van der Waals surface area (Å²) in [5.41, 5.74) is 0. The maximum atomic E-state index is 11.6. The van der Waals surface area contributed by atoms with Crippen molar-refractivity contribution in [3.8, 4) is 0 Å². The molecule has 2 heterocycles. The van der Waals surface area contributed by atoms with E-state index in [4.69, 9.17) is 0 Å². The summed E-state index contributed by atoms with van der Waals surface area (Å²) in [5.74, 6) is 0.122. The molecule has 0 bridgehead atoms. The van der Waals surface area contributed by atoms with E-state index < -0.39 is 0 Å². The summed E-state index contributed by atoms with van der Waals surface area (Å²) in [4.78, 5) is 12.8. The lowest BCUT2D eigenvalue weighted by molar-refractivity contribution is -0.122. The van der Waals surface area contributed by atoms with Crippen molar-refractivity contribution in [1.82, 2.24) is 10.6 Å². The molecule has 1 aromatic heterocycles. The highest BCUT2D eigenvalue weighted by Gasteiger charge is 2.21. The molecule has 15 heavy (non-hydrogen) atoms. The number of halogens is 1. The predicted octanol–water partition coefficient (Wildman–Crippen LogP) is 1.88. The van der Waals surface area contributed by atoms with E-state index in [2.05, 4.69) is 26.6 Å². The van der Waals surface area contributed by atoms with E-state index in [-0.39, 0.29) is 11.9 Å². The first-order valence-electron chi connectivity index (χ1n) is 5.00. The molecule has 1 unspecified atom stereocenters. The molecule has 1 aromatic rings. The minimum atomic E-state index is 0.0217. The Morgan fingerprint density at radius 1 is 1.73 bits per heavy atom. The zero-order valence-corrected chi connectivity index (χ0v) is 10.7. The number of thiophene rings is 1. The highest BCUT2D eigenvalue weighted by Crippen LogP contribution is 2.19. The second-order valence-corrected chi connectivity index (χ2v) is 5.51. The van der Waals surface area contributed by atoms with Gasteiger partial charge in [-0.15, -0.1) is 11.3 Å². The number of amides is 1. The summed E-state index contributed by atoms with van der Waals surface area (Å²) in [6.07, 6.45) is 2.06. The predicted molar refractivity (Wildman–Crippen MR) is 64.9 cm³/mol. The van der Waals surface area contributed by atoms with E-state index in [1.807, 2.05) is 11.4 Å². The SMILES string of the molecule is O=C(NCc1cc(Br)cs1)C1CCCN1. The molecular formula is C10H13BrN2OS. The van der Waals surface area contributed by atoms with Gasteiger partial charge >= 0.3 is 0 Å². The molecule has 1 amide bonds. The fraction of sp³-hybridized carbons (Fsp3) is 0.500. The van der Waals surface area contributed by atoms with Gasteiger partial charge in [0.15, 0.2) is 0 Å². The van der Waals surface area contributed by atoms with Crippen LogP contribution in [0.3, 0.4) is 0 Å². The normalized spacial score (nSPS) is 20.5. The van der Waals surface area contributed by atoms with Gasteiger partial charge in [0.2, 0.25) is 5.91 Å². The van der Waals surface area contributed by atoms with Crippen LogP contribution in [-0.4, -0.2) is 18.5 Å². The van der Waals surface area contributed by atoms with Crippen molar-refractivity contribution in [2.45, 2.75) is 25.4 Å². The standard InChI is InChI=1S/C10H13BrN2OS/c11-7-4-8(15-6-7)5-13-10(14)9-2-1-3-12-9/h4,6,9,12H,1-3,5H2,(H,13,14). The molecule has 1 aliphatic heterocycles. The first-order valence-corrected chi connectivity index (χ1v) is 6.67. The Bertz CT molecular complexity index is 347. The van der Waals surface area contributed by atoms with Gasteiger partial charge in [0, 0.05) is 14.7 Å². The van der Waals surface area contributed by atoms with Crippen LogP contribution in [0, 0.1) is 0 Å². The summed E-state index contributed by atoms with van der Waals surface area (Å²) < 4.78 is 1.08. The number of hydrogen-bond acceptors (Lipinski definition) is 3. The molecule has 82 valence electrons. The molecule has 1 saturated heterocycles. The Hall–Kier alpha value is -0.390. The van der Waals surface area contributed by atoms with Crippen LogP contribution in [0.25, 0.3) is 0 Å².